The second-order valence-electron chi connectivity index (χ2n) is 8.35. The van der Waals surface area contributed by atoms with Crippen molar-refractivity contribution in [2.75, 3.05) is 0 Å². The molecule has 0 aliphatic carbocycles. The third kappa shape index (κ3) is 4.28. The summed E-state index contributed by atoms with van der Waals surface area (Å²) in [5.41, 5.74) is -1.11. The van der Waals surface area contributed by atoms with Crippen LogP contribution in [0.15, 0.2) is 30.3 Å². The standard InChI is InChI=1S/C21H23BF4O3/c1-12-7-16(23)8-13(2)18(12)27-17-10-14(21(24,25)26)9-15(11-17)22-28-19(3,4)20(5,6)29-22/h7-11H,1-6H3. The van der Waals surface area contributed by atoms with Crippen LogP contribution in [-0.2, 0) is 15.5 Å². The number of hydrogen-bond acceptors (Lipinski definition) is 3. The summed E-state index contributed by atoms with van der Waals surface area (Å²) in [6.45, 7) is 10.6. The molecule has 1 heterocycles. The fourth-order valence-electron chi connectivity index (χ4n) is 3.14. The van der Waals surface area contributed by atoms with E-state index in [1.165, 1.54) is 18.2 Å². The van der Waals surface area contributed by atoms with Gasteiger partial charge in [-0.1, -0.05) is 0 Å². The molecular weight excluding hydrogens is 387 g/mol. The van der Waals surface area contributed by atoms with Crippen LogP contribution in [0, 0.1) is 19.7 Å². The van der Waals surface area contributed by atoms with E-state index >= 15 is 0 Å². The molecule has 3 nitrogen and oxygen atoms in total. The normalized spacial score (nSPS) is 18.2. The Morgan fingerprint density at radius 2 is 1.38 bits per heavy atom. The molecule has 0 unspecified atom stereocenters. The second kappa shape index (κ2) is 7.02. The average molecular weight is 410 g/mol. The Labute approximate surface area is 168 Å². The molecule has 0 aromatic heterocycles. The summed E-state index contributed by atoms with van der Waals surface area (Å²) in [5, 5.41) is 0. The van der Waals surface area contributed by atoms with Gasteiger partial charge in [0.1, 0.15) is 17.3 Å². The van der Waals surface area contributed by atoms with Crippen molar-refractivity contribution in [3.63, 3.8) is 0 Å². The fraction of sp³-hybridized carbons (Fsp3) is 0.429. The molecule has 0 N–H and O–H groups in total. The van der Waals surface area contributed by atoms with E-state index in [0.717, 1.165) is 12.1 Å². The summed E-state index contributed by atoms with van der Waals surface area (Å²) in [7, 11) is -0.972. The van der Waals surface area contributed by atoms with Crippen molar-refractivity contribution in [3.8, 4) is 11.5 Å². The molecule has 0 saturated carbocycles. The van der Waals surface area contributed by atoms with Gasteiger partial charge in [0.05, 0.1) is 16.8 Å². The summed E-state index contributed by atoms with van der Waals surface area (Å²) in [6.07, 6.45) is -4.58. The molecule has 156 valence electrons. The van der Waals surface area contributed by atoms with Crippen LogP contribution in [0.1, 0.15) is 44.4 Å². The van der Waals surface area contributed by atoms with Gasteiger partial charge in [-0.2, -0.15) is 13.2 Å². The largest absolute Gasteiger partial charge is 0.494 e. The molecule has 2 aromatic carbocycles. The Morgan fingerprint density at radius 1 is 0.862 bits per heavy atom. The predicted molar refractivity (Wildman–Crippen MR) is 103 cm³/mol. The fourth-order valence-corrected chi connectivity index (χ4v) is 3.14. The Balaban J connectivity index is 2.04. The van der Waals surface area contributed by atoms with Crippen LogP contribution in [0.2, 0.25) is 0 Å². The van der Waals surface area contributed by atoms with Gasteiger partial charge in [-0.15, -0.1) is 0 Å². The Bertz CT molecular complexity index is 899. The highest BCUT2D eigenvalue weighted by Crippen LogP contribution is 2.38. The number of hydrogen-bond donors (Lipinski definition) is 0. The van der Waals surface area contributed by atoms with Crippen molar-refractivity contribution in [1.82, 2.24) is 0 Å². The molecular formula is C21H23BF4O3. The molecule has 3 rings (SSSR count). The summed E-state index contributed by atoms with van der Waals surface area (Å²) < 4.78 is 71.6. The van der Waals surface area contributed by atoms with Crippen LogP contribution in [0.4, 0.5) is 17.6 Å². The number of halogens is 4. The van der Waals surface area contributed by atoms with E-state index in [1.807, 2.05) is 27.7 Å². The van der Waals surface area contributed by atoms with Crippen LogP contribution in [-0.4, -0.2) is 18.3 Å². The Morgan fingerprint density at radius 3 is 1.86 bits per heavy atom. The van der Waals surface area contributed by atoms with Crippen molar-refractivity contribution in [2.24, 2.45) is 0 Å². The highest BCUT2D eigenvalue weighted by molar-refractivity contribution is 6.62. The highest BCUT2D eigenvalue weighted by atomic mass is 19.4. The van der Waals surface area contributed by atoms with E-state index in [9.17, 15) is 17.6 Å². The maximum absolute atomic E-state index is 13.5. The molecule has 0 spiro atoms. The van der Waals surface area contributed by atoms with Crippen molar-refractivity contribution in [2.45, 2.75) is 58.9 Å². The average Bonchev–Trinajstić information content (AvgIpc) is 2.78. The second-order valence-corrected chi connectivity index (χ2v) is 8.35. The lowest BCUT2D eigenvalue weighted by molar-refractivity contribution is -0.137. The molecule has 0 atom stereocenters. The summed E-state index contributed by atoms with van der Waals surface area (Å²) in [4.78, 5) is 0. The van der Waals surface area contributed by atoms with Crippen molar-refractivity contribution in [1.29, 1.82) is 0 Å². The van der Waals surface area contributed by atoms with E-state index in [0.29, 0.717) is 16.9 Å². The maximum Gasteiger partial charge on any atom is 0.494 e. The Hall–Kier alpha value is -2.06. The number of benzene rings is 2. The maximum atomic E-state index is 13.5. The molecule has 0 bridgehead atoms. The molecule has 8 heteroatoms. The molecule has 0 radical (unpaired) electrons. The van der Waals surface area contributed by atoms with Crippen LogP contribution in [0.5, 0.6) is 11.5 Å². The van der Waals surface area contributed by atoms with Gasteiger partial charge >= 0.3 is 13.3 Å². The number of ether oxygens (including phenoxy) is 1. The van der Waals surface area contributed by atoms with E-state index in [2.05, 4.69) is 0 Å². The lowest BCUT2D eigenvalue weighted by Crippen LogP contribution is -2.41. The van der Waals surface area contributed by atoms with E-state index in [1.54, 1.807) is 13.8 Å². The van der Waals surface area contributed by atoms with Gasteiger partial charge in [-0.05, 0) is 88.5 Å². The first-order valence-corrected chi connectivity index (χ1v) is 9.22. The lowest BCUT2D eigenvalue weighted by Gasteiger charge is -2.32. The zero-order valence-corrected chi connectivity index (χ0v) is 17.2. The lowest BCUT2D eigenvalue weighted by atomic mass is 9.78. The van der Waals surface area contributed by atoms with E-state index in [-0.39, 0.29) is 11.2 Å². The molecule has 2 aromatic rings. The van der Waals surface area contributed by atoms with Crippen LogP contribution in [0.25, 0.3) is 0 Å². The summed E-state index contributed by atoms with van der Waals surface area (Å²) in [6, 6.07) is 5.91. The minimum absolute atomic E-state index is 0.0256. The SMILES string of the molecule is Cc1cc(F)cc(C)c1Oc1cc(B2OC(C)(C)C(C)(C)O2)cc(C(F)(F)F)c1. The van der Waals surface area contributed by atoms with Gasteiger partial charge < -0.3 is 14.0 Å². The van der Waals surface area contributed by atoms with E-state index in [4.69, 9.17) is 14.0 Å². The summed E-state index contributed by atoms with van der Waals surface area (Å²) in [5.74, 6) is -0.151. The van der Waals surface area contributed by atoms with Gasteiger partial charge in [-0.25, -0.2) is 4.39 Å². The van der Waals surface area contributed by atoms with E-state index < -0.39 is 35.9 Å². The first kappa shape index (κ1) is 21.6. The van der Waals surface area contributed by atoms with Crippen LogP contribution in [0.3, 0.4) is 0 Å². The van der Waals surface area contributed by atoms with Gasteiger partial charge in [-0.3, -0.25) is 0 Å². The van der Waals surface area contributed by atoms with Crippen LogP contribution >= 0.6 is 0 Å². The molecule has 1 fully saturated rings. The van der Waals surface area contributed by atoms with Gasteiger partial charge in [0.15, 0.2) is 0 Å². The van der Waals surface area contributed by atoms with Crippen molar-refractivity contribution in [3.05, 3.63) is 52.8 Å². The first-order chi connectivity index (χ1) is 13.2. The third-order valence-corrected chi connectivity index (χ3v) is 5.43. The van der Waals surface area contributed by atoms with Crippen molar-refractivity contribution < 1.29 is 31.6 Å². The van der Waals surface area contributed by atoms with Gasteiger partial charge in [0, 0.05) is 0 Å². The third-order valence-electron chi connectivity index (χ3n) is 5.43. The molecule has 1 aliphatic heterocycles. The molecule has 29 heavy (non-hydrogen) atoms. The number of rotatable bonds is 3. The first-order valence-electron chi connectivity index (χ1n) is 9.22. The van der Waals surface area contributed by atoms with Gasteiger partial charge in [0.25, 0.3) is 0 Å². The quantitative estimate of drug-likeness (QED) is 0.491. The molecule has 0 amide bonds. The van der Waals surface area contributed by atoms with Crippen LogP contribution < -0.4 is 10.2 Å². The molecule has 1 saturated heterocycles. The van der Waals surface area contributed by atoms with Crippen molar-refractivity contribution >= 4 is 12.6 Å². The smallest absolute Gasteiger partial charge is 0.457 e. The highest BCUT2D eigenvalue weighted by Gasteiger charge is 2.52. The number of aryl methyl sites for hydroxylation is 2. The molecule has 1 aliphatic rings. The van der Waals surface area contributed by atoms with Gasteiger partial charge in [0.2, 0.25) is 0 Å². The predicted octanol–water partition coefficient (Wildman–Crippen LogP) is 5.55. The summed E-state index contributed by atoms with van der Waals surface area (Å²) >= 11 is 0. The zero-order chi connectivity index (χ0) is 21.8. The topological polar surface area (TPSA) is 27.7 Å². The zero-order valence-electron chi connectivity index (χ0n) is 17.2. The monoisotopic (exact) mass is 410 g/mol. The Kier molecular flexibility index (Phi) is 5.24. The minimum atomic E-state index is -4.58. The number of alkyl halides is 3. The minimum Gasteiger partial charge on any atom is -0.457 e.